The number of fused-ring (bicyclic) bond motifs is 3. The molecule has 3 aliphatic rings. The fourth-order valence-corrected chi connectivity index (χ4v) is 6.24. The summed E-state index contributed by atoms with van der Waals surface area (Å²) < 4.78 is 11.2. The van der Waals surface area contributed by atoms with E-state index in [2.05, 4.69) is 29.2 Å². The SMILES string of the molecule is COc1cccc([C@@]23CCN(CC4CC4)C[C@@]2(O)Cc2cc4cccc(OC)c4nc2C3)c1. The number of likely N-dealkylation sites (tertiary alicyclic amines) is 1. The van der Waals surface area contributed by atoms with E-state index in [9.17, 15) is 5.11 Å². The third-order valence-electron chi connectivity index (χ3n) is 8.22. The first kappa shape index (κ1) is 20.9. The van der Waals surface area contributed by atoms with Crippen molar-refractivity contribution in [3.8, 4) is 11.5 Å². The topological polar surface area (TPSA) is 54.8 Å². The van der Waals surface area contributed by atoms with Crippen LogP contribution in [-0.2, 0) is 18.3 Å². The van der Waals surface area contributed by atoms with Gasteiger partial charge in [-0.15, -0.1) is 0 Å². The summed E-state index contributed by atoms with van der Waals surface area (Å²) in [5.74, 6) is 2.45. The van der Waals surface area contributed by atoms with Gasteiger partial charge in [-0.3, -0.25) is 0 Å². The highest BCUT2D eigenvalue weighted by Crippen LogP contribution is 2.51. The number of hydrogen-bond donors (Lipinski definition) is 1. The van der Waals surface area contributed by atoms with Crippen LogP contribution < -0.4 is 9.47 Å². The van der Waals surface area contributed by atoms with Crippen molar-refractivity contribution in [2.45, 2.75) is 43.1 Å². The second-order valence-corrected chi connectivity index (χ2v) is 10.3. The zero-order chi connectivity index (χ0) is 22.6. The van der Waals surface area contributed by atoms with E-state index in [4.69, 9.17) is 14.5 Å². The van der Waals surface area contributed by atoms with Gasteiger partial charge in [-0.05, 0) is 67.1 Å². The smallest absolute Gasteiger partial charge is 0.145 e. The molecule has 0 radical (unpaired) electrons. The molecule has 2 aromatic carbocycles. The van der Waals surface area contributed by atoms with Crippen molar-refractivity contribution in [1.82, 2.24) is 9.88 Å². The van der Waals surface area contributed by atoms with Crippen molar-refractivity contribution in [3.05, 3.63) is 65.4 Å². The number of nitrogens with zero attached hydrogens (tertiary/aromatic N) is 2. The Morgan fingerprint density at radius 2 is 1.91 bits per heavy atom. The van der Waals surface area contributed by atoms with Gasteiger partial charge in [-0.1, -0.05) is 24.3 Å². The minimum absolute atomic E-state index is 0.392. The molecule has 0 spiro atoms. The standard InChI is InChI=1S/C28H32N2O3/c1-32-23-7-4-6-22(14-23)27-11-12-30(17-19-9-10-19)18-28(27,31)15-21-13-20-5-3-8-25(33-2)26(20)29-24(21)16-27/h3-8,13-14,19,31H,9-12,15-18H2,1-2H3/t27-,28-/m0/s1. The lowest BCUT2D eigenvalue weighted by Crippen LogP contribution is -2.66. The molecule has 0 bridgehead atoms. The summed E-state index contributed by atoms with van der Waals surface area (Å²) in [6, 6.07) is 16.6. The van der Waals surface area contributed by atoms with E-state index in [0.29, 0.717) is 13.0 Å². The number of ether oxygens (including phenoxy) is 2. The van der Waals surface area contributed by atoms with Crippen molar-refractivity contribution in [2.75, 3.05) is 33.9 Å². The van der Waals surface area contributed by atoms with Crippen molar-refractivity contribution in [3.63, 3.8) is 0 Å². The molecule has 2 heterocycles. The summed E-state index contributed by atoms with van der Waals surface area (Å²) in [6.45, 7) is 2.81. The normalized spacial score (nSPS) is 27.1. The van der Waals surface area contributed by atoms with Gasteiger partial charge in [0.1, 0.15) is 17.0 Å². The number of aromatic nitrogens is 1. The molecule has 5 heteroatoms. The molecule has 2 atom stereocenters. The Kier molecular flexibility index (Phi) is 4.89. The molecule has 1 aromatic heterocycles. The number of benzene rings is 2. The maximum absolute atomic E-state index is 12.4. The van der Waals surface area contributed by atoms with Crippen LogP contribution in [0.3, 0.4) is 0 Å². The van der Waals surface area contributed by atoms with Gasteiger partial charge in [0, 0.05) is 42.4 Å². The number of aliphatic hydroxyl groups is 1. The van der Waals surface area contributed by atoms with E-state index in [1.165, 1.54) is 12.8 Å². The van der Waals surface area contributed by atoms with E-state index in [0.717, 1.165) is 71.1 Å². The van der Waals surface area contributed by atoms with Gasteiger partial charge < -0.3 is 19.5 Å². The summed E-state index contributed by atoms with van der Waals surface area (Å²) >= 11 is 0. The van der Waals surface area contributed by atoms with Gasteiger partial charge in [0.15, 0.2) is 0 Å². The number of rotatable bonds is 5. The van der Waals surface area contributed by atoms with Crippen molar-refractivity contribution < 1.29 is 14.6 Å². The maximum Gasteiger partial charge on any atom is 0.145 e. The largest absolute Gasteiger partial charge is 0.497 e. The molecular weight excluding hydrogens is 412 g/mol. The van der Waals surface area contributed by atoms with Crippen molar-refractivity contribution >= 4 is 10.9 Å². The van der Waals surface area contributed by atoms with Crippen molar-refractivity contribution in [1.29, 1.82) is 0 Å². The average Bonchev–Trinajstić information content (AvgIpc) is 3.64. The number of pyridine rings is 1. The van der Waals surface area contributed by atoms with Gasteiger partial charge in [0.2, 0.25) is 0 Å². The first-order valence-corrected chi connectivity index (χ1v) is 12.1. The highest BCUT2D eigenvalue weighted by molar-refractivity contribution is 5.85. The van der Waals surface area contributed by atoms with E-state index in [-0.39, 0.29) is 0 Å². The molecule has 1 aliphatic heterocycles. The van der Waals surface area contributed by atoms with E-state index >= 15 is 0 Å². The van der Waals surface area contributed by atoms with Crippen LogP contribution in [0.15, 0.2) is 48.5 Å². The molecule has 6 rings (SSSR count). The van der Waals surface area contributed by atoms with Crippen LogP contribution in [0.5, 0.6) is 11.5 Å². The first-order chi connectivity index (χ1) is 16.0. The summed E-state index contributed by atoms with van der Waals surface area (Å²) in [4.78, 5) is 7.62. The van der Waals surface area contributed by atoms with E-state index in [1.807, 2.05) is 24.3 Å². The van der Waals surface area contributed by atoms with Crippen LogP contribution in [0.2, 0.25) is 0 Å². The van der Waals surface area contributed by atoms with Crippen LogP contribution in [0.4, 0.5) is 0 Å². The summed E-state index contributed by atoms with van der Waals surface area (Å²) in [6.07, 6.45) is 4.90. The summed E-state index contributed by atoms with van der Waals surface area (Å²) in [5.41, 5.74) is 3.05. The Hall–Kier alpha value is -2.63. The van der Waals surface area contributed by atoms with Gasteiger partial charge in [0.05, 0.1) is 19.8 Å². The first-order valence-electron chi connectivity index (χ1n) is 12.1. The fourth-order valence-electron chi connectivity index (χ4n) is 6.24. The lowest BCUT2D eigenvalue weighted by Gasteiger charge is -2.56. The third-order valence-corrected chi connectivity index (χ3v) is 8.22. The molecule has 33 heavy (non-hydrogen) atoms. The average molecular weight is 445 g/mol. The number of para-hydroxylation sites is 1. The number of hydrogen-bond acceptors (Lipinski definition) is 5. The van der Waals surface area contributed by atoms with Crippen LogP contribution >= 0.6 is 0 Å². The molecule has 3 aromatic rings. The van der Waals surface area contributed by atoms with Gasteiger partial charge in [0.25, 0.3) is 0 Å². The second kappa shape index (κ2) is 7.71. The lowest BCUT2D eigenvalue weighted by molar-refractivity contribution is -0.104. The predicted octanol–water partition coefficient (Wildman–Crippen LogP) is 4.14. The minimum Gasteiger partial charge on any atom is -0.497 e. The Labute approximate surface area is 195 Å². The Balaban J connectivity index is 1.49. The molecule has 2 aliphatic carbocycles. The van der Waals surface area contributed by atoms with Crippen LogP contribution in [0, 0.1) is 5.92 Å². The predicted molar refractivity (Wildman–Crippen MR) is 129 cm³/mol. The van der Waals surface area contributed by atoms with Crippen LogP contribution in [0.25, 0.3) is 10.9 Å². The van der Waals surface area contributed by atoms with E-state index in [1.54, 1.807) is 14.2 Å². The third kappa shape index (κ3) is 3.41. The maximum atomic E-state index is 12.4. The second-order valence-electron chi connectivity index (χ2n) is 10.3. The number of methoxy groups -OCH3 is 2. The molecule has 0 amide bonds. The molecular formula is C28H32N2O3. The van der Waals surface area contributed by atoms with Crippen molar-refractivity contribution in [2.24, 2.45) is 5.92 Å². The van der Waals surface area contributed by atoms with Crippen LogP contribution in [-0.4, -0.2) is 54.4 Å². The molecule has 1 saturated carbocycles. The summed E-state index contributed by atoms with van der Waals surface area (Å²) in [7, 11) is 3.40. The van der Waals surface area contributed by atoms with Gasteiger partial charge >= 0.3 is 0 Å². The fraction of sp³-hybridized carbons (Fsp3) is 0.464. The lowest BCUT2D eigenvalue weighted by atomic mass is 9.56. The zero-order valence-corrected chi connectivity index (χ0v) is 19.5. The molecule has 2 fully saturated rings. The highest BCUT2D eigenvalue weighted by atomic mass is 16.5. The van der Waals surface area contributed by atoms with Gasteiger partial charge in [-0.2, -0.15) is 0 Å². The minimum atomic E-state index is -0.853. The molecule has 5 nitrogen and oxygen atoms in total. The van der Waals surface area contributed by atoms with E-state index < -0.39 is 11.0 Å². The monoisotopic (exact) mass is 444 g/mol. The van der Waals surface area contributed by atoms with Crippen LogP contribution in [0.1, 0.15) is 36.1 Å². The molecule has 1 saturated heterocycles. The molecule has 0 unspecified atom stereocenters. The van der Waals surface area contributed by atoms with Gasteiger partial charge in [-0.25, -0.2) is 4.98 Å². The Morgan fingerprint density at radius 1 is 1.06 bits per heavy atom. The molecule has 1 N–H and O–H groups in total. The zero-order valence-electron chi connectivity index (χ0n) is 19.5. The number of piperidine rings is 1. The number of β-amino-alcohol motifs (C(OH)–C–C–N with tert-alkyl or cyclic N) is 1. The highest BCUT2D eigenvalue weighted by Gasteiger charge is 2.57. The quantitative estimate of drug-likeness (QED) is 0.641. The Morgan fingerprint density at radius 3 is 2.70 bits per heavy atom. The summed E-state index contributed by atoms with van der Waals surface area (Å²) in [5, 5.41) is 13.5. The Bertz CT molecular complexity index is 1210. The molecule has 172 valence electrons.